The molecule has 29 heavy (non-hydrogen) atoms. The highest BCUT2D eigenvalue weighted by Gasteiger charge is 2.40. The highest BCUT2D eigenvalue weighted by molar-refractivity contribution is 7.99. The lowest BCUT2D eigenvalue weighted by atomic mass is 9.95. The van der Waals surface area contributed by atoms with Gasteiger partial charge < -0.3 is 20.1 Å². The monoisotopic (exact) mass is 427 g/mol. The van der Waals surface area contributed by atoms with Gasteiger partial charge in [0.2, 0.25) is 0 Å². The Hall–Kier alpha value is -0.540. The summed E-state index contributed by atoms with van der Waals surface area (Å²) >= 11 is 2.08. The van der Waals surface area contributed by atoms with Crippen molar-refractivity contribution in [3.05, 3.63) is 0 Å². The number of rotatable bonds is 8. The van der Waals surface area contributed by atoms with Gasteiger partial charge in [0, 0.05) is 63.6 Å². The Morgan fingerprint density at radius 3 is 2.34 bits per heavy atom. The average molecular weight is 428 g/mol. The van der Waals surface area contributed by atoms with Crippen molar-refractivity contribution in [2.24, 2.45) is 10.9 Å². The van der Waals surface area contributed by atoms with Crippen LogP contribution in [-0.4, -0.2) is 112 Å². The van der Waals surface area contributed by atoms with E-state index in [9.17, 15) is 0 Å². The van der Waals surface area contributed by atoms with Gasteiger partial charge in [-0.05, 0) is 24.5 Å². The van der Waals surface area contributed by atoms with E-state index in [1.807, 2.05) is 7.05 Å². The minimum absolute atomic E-state index is 0.230. The SMILES string of the molecule is CN=C(NCC(CC(C)C)N1CCOCC1)NCC1(N2CCOCC2)CCSC1. The number of aliphatic imine (C=N–C) groups is 1. The number of morpholine rings is 2. The Bertz CT molecular complexity index is 501. The second-order valence-electron chi connectivity index (χ2n) is 8.86. The molecule has 3 aliphatic rings. The van der Waals surface area contributed by atoms with Crippen molar-refractivity contribution >= 4 is 17.7 Å². The number of hydrogen-bond acceptors (Lipinski definition) is 6. The van der Waals surface area contributed by atoms with E-state index in [0.717, 1.165) is 71.7 Å². The largest absolute Gasteiger partial charge is 0.379 e. The van der Waals surface area contributed by atoms with Crippen molar-refractivity contribution < 1.29 is 9.47 Å². The van der Waals surface area contributed by atoms with E-state index in [1.165, 1.54) is 24.3 Å². The summed E-state index contributed by atoms with van der Waals surface area (Å²) < 4.78 is 11.1. The molecule has 0 bridgehead atoms. The van der Waals surface area contributed by atoms with Crippen LogP contribution in [0, 0.1) is 5.92 Å². The molecule has 2 N–H and O–H groups in total. The maximum atomic E-state index is 5.59. The second-order valence-corrected chi connectivity index (χ2v) is 9.97. The van der Waals surface area contributed by atoms with Crippen LogP contribution in [0.15, 0.2) is 4.99 Å². The summed E-state index contributed by atoms with van der Waals surface area (Å²) in [5, 5.41) is 7.28. The molecule has 3 aliphatic heterocycles. The fraction of sp³-hybridized carbons (Fsp3) is 0.952. The summed E-state index contributed by atoms with van der Waals surface area (Å²) in [7, 11) is 1.88. The zero-order chi connectivity index (χ0) is 20.5. The number of nitrogens with one attached hydrogen (secondary N) is 2. The van der Waals surface area contributed by atoms with Crippen LogP contribution in [0.1, 0.15) is 26.7 Å². The third-order valence-corrected chi connectivity index (χ3v) is 7.62. The van der Waals surface area contributed by atoms with Crippen LogP contribution in [-0.2, 0) is 9.47 Å². The molecule has 2 atom stereocenters. The fourth-order valence-electron chi connectivity index (χ4n) is 4.67. The predicted molar refractivity (Wildman–Crippen MR) is 122 cm³/mol. The Morgan fingerprint density at radius 1 is 1.07 bits per heavy atom. The Kier molecular flexibility index (Phi) is 9.37. The van der Waals surface area contributed by atoms with Crippen LogP contribution >= 0.6 is 11.8 Å². The molecule has 3 saturated heterocycles. The molecule has 8 heteroatoms. The van der Waals surface area contributed by atoms with E-state index in [1.54, 1.807) is 0 Å². The van der Waals surface area contributed by atoms with Crippen LogP contribution in [0.5, 0.6) is 0 Å². The van der Waals surface area contributed by atoms with Gasteiger partial charge in [0.1, 0.15) is 0 Å². The van der Waals surface area contributed by atoms with Gasteiger partial charge in [0.15, 0.2) is 5.96 Å². The molecular formula is C21H41N5O2S. The van der Waals surface area contributed by atoms with Crippen LogP contribution in [0.4, 0.5) is 0 Å². The third-order valence-electron chi connectivity index (χ3n) is 6.38. The standard InChI is InChI=1S/C21H41N5O2S/c1-18(2)14-19(25-5-9-27-10-6-25)15-23-20(22-3)24-16-21(4-13-29-17-21)26-7-11-28-12-8-26/h18-19H,4-17H2,1-3H3,(H2,22,23,24). The van der Waals surface area contributed by atoms with Crippen molar-refractivity contribution in [1.82, 2.24) is 20.4 Å². The summed E-state index contributed by atoms with van der Waals surface area (Å²) in [6.07, 6.45) is 2.43. The fourth-order valence-corrected chi connectivity index (χ4v) is 6.14. The van der Waals surface area contributed by atoms with Crippen LogP contribution in [0.3, 0.4) is 0 Å². The number of guanidine groups is 1. The number of ether oxygens (including phenoxy) is 2. The van der Waals surface area contributed by atoms with Crippen LogP contribution in [0.25, 0.3) is 0 Å². The minimum Gasteiger partial charge on any atom is -0.379 e. The summed E-state index contributed by atoms with van der Waals surface area (Å²) in [5.41, 5.74) is 0.230. The molecule has 7 nitrogen and oxygen atoms in total. The molecule has 168 valence electrons. The van der Waals surface area contributed by atoms with Gasteiger partial charge in [-0.2, -0.15) is 11.8 Å². The van der Waals surface area contributed by atoms with Crippen LogP contribution < -0.4 is 10.6 Å². The van der Waals surface area contributed by atoms with E-state index in [2.05, 4.69) is 51.0 Å². The van der Waals surface area contributed by atoms with Gasteiger partial charge in [0.25, 0.3) is 0 Å². The van der Waals surface area contributed by atoms with Gasteiger partial charge in [-0.25, -0.2) is 0 Å². The molecule has 0 aliphatic carbocycles. The number of thioether (sulfide) groups is 1. The van der Waals surface area contributed by atoms with Crippen molar-refractivity contribution in [1.29, 1.82) is 0 Å². The predicted octanol–water partition coefficient (Wildman–Crippen LogP) is 1.11. The molecule has 0 radical (unpaired) electrons. The third kappa shape index (κ3) is 6.72. The lowest BCUT2D eigenvalue weighted by molar-refractivity contribution is -0.0120. The number of hydrogen-bond donors (Lipinski definition) is 2. The zero-order valence-corrected chi connectivity index (χ0v) is 19.4. The van der Waals surface area contributed by atoms with Crippen molar-refractivity contribution in [2.75, 3.05) is 84.2 Å². The smallest absolute Gasteiger partial charge is 0.191 e. The Labute approximate surface area is 181 Å². The second kappa shape index (κ2) is 11.7. The van der Waals surface area contributed by atoms with Crippen molar-refractivity contribution in [3.63, 3.8) is 0 Å². The highest BCUT2D eigenvalue weighted by Crippen LogP contribution is 2.33. The Balaban J connectivity index is 1.53. The van der Waals surface area contributed by atoms with E-state index in [-0.39, 0.29) is 5.54 Å². The quantitative estimate of drug-likeness (QED) is 0.444. The molecule has 2 unspecified atom stereocenters. The van der Waals surface area contributed by atoms with Gasteiger partial charge in [-0.3, -0.25) is 14.8 Å². The maximum absolute atomic E-state index is 5.59. The van der Waals surface area contributed by atoms with Crippen molar-refractivity contribution in [2.45, 2.75) is 38.3 Å². The van der Waals surface area contributed by atoms with E-state index >= 15 is 0 Å². The minimum atomic E-state index is 0.230. The average Bonchev–Trinajstić information content (AvgIpc) is 3.24. The zero-order valence-electron chi connectivity index (χ0n) is 18.6. The molecule has 0 amide bonds. The molecule has 3 heterocycles. The number of nitrogens with zero attached hydrogens (tertiary/aromatic N) is 3. The van der Waals surface area contributed by atoms with Gasteiger partial charge in [-0.1, -0.05) is 13.8 Å². The van der Waals surface area contributed by atoms with E-state index in [0.29, 0.717) is 12.0 Å². The first-order valence-electron chi connectivity index (χ1n) is 11.3. The lowest BCUT2D eigenvalue weighted by Crippen LogP contribution is -2.60. The highest BCUT2D eigenvalue weighted by atomic mass is 32.2. The molecule has 0 aromatic carbocycles. The first-order chi connectivity index (χ1) is 14.1. The van der Waals surface area contributed by atoms with E-state index < -0.39 is 0 Å². The summed E-state index contributed by atoms with van der Waals surface area (Å²) in [6, 6.07) is 0.521. The molecule has 0 spiro atoms. The topological polar surface area (TPSA) is 61.4 Å². The molecule has 0 saturated carbocycles. The molecule has 3 rings (SSSR count). The van der Waals surface area contributed by atoms with Gasteiger partial charge in [0.05, 0.1) is 26.4 Å². The summed E-state index contributed by atoms with van der Waals surface area (Å²) in [6.45, 7) is 14.1. The maximum Gasteiger partial charge on any atom is 0.191 e. The van der Waals surface area contributed by atoms with E-state index in [4.69, 9.17) is 9.47 Å². The van der Waals surface area contributed by atoms with Gasteiger partial charge in [-0.15, -0.1) is 0 Å². The summed E-state index contributed by atoms with van der Waals surface area (Å²) in [4.78, 5) is 9.74. The molecule has 3 fully saturated rings. The molecular weight excluding hydrogens is 386 g/mol. The van der Waals surface area contributed by atoms with Crippen molar-refractivity contribution in [3.8, 4) is 0 Å². The first-order valence-corrected chi connectivity index (χ1v) is 12.5. The molecule has 0 aromatic heterocycles. The first kappa shape index (κ1) is 23.1. The van der Waals surface area contributed by atoms with Gasteiger partial charge >= 0.3 is 0 Å². The molecule has 0 aromatic rings. The lowest BCUT2D eigenvalue weighted by Gasteiger charge is -2.43. The summed E-state index contributed by atoms with van der Waals surface area (Å²) in [5.74, 6) is 4.05. The van der Waals surface area contributed by atoms with Crippen LogP contribution in [0.2, 0.25) is 0 Å². The normalized spacial score (nSPS) is 28.6. The Morgan fingerprint density at radius 2 is 1.76 bits per heavy atom.